The molecule has 2 aliphatic heterocycles. The van der Waals surface area contributed by atoms with Crippen molar-refractivity contribution >= 4 is 11.6 Å². The lowest BCUT2D eigenvalue weighted by Crippen LogP contribution is -2.54. The Morgan fingerprint density at radius 2 is 1.72 bits per heavy atom. The van der Waals surface area contributed by atoms with Crippen molar-refractivity contribution in [1.29, 1.82) is 0 Å². The van der Waals surface area contributed by atoms with Gasteiger partial charge in [0.2, 0.25) is 0 Å². The highest BCUT2D eigenvalue weighted by atomic mass is 16.2. The maximum absolute atomic E-state index is 14.1. The first kappa shape index (κ1) is 22.4. The lowest BCUT2D eigenvalue weighted by Gasteiger charge is -2.36. The van der Waals surface area contributed by atoms with E-state index < -0.39 is 0 Å². The smallest absolute Gasteiger partial charge is 0.331 e. The molecular weight excluding hydrogens is 450 g/mol. The molecule has 3 aromatic carbocycles. The number of aromatic amines is 1. The molecule has 1 unspecified atom stereocenters. The second-order valence-electron chi connectivity index (χ2n) is 9.42. The van der Waals surface area contributed by atoms with E-state index in [9.17, 15) is 9.59 Å². The maximum atomic E-state index is 14.1. The van der Waals surface area contributed by atoms with Gasteiger partial charge in [-0.3, -0.25) is 9.36 Å². The Kier molecular flexibility index (Phi) is 5.91. The van der Waals surface area contributed by atoms with Gasteiger partial charge in [0.15, 0.2) is 0 Å². The molecule has 1 saturated heterocycles. The van der Waals surface area contributed by atoms with Crippen molar-refractivity contribution in [3.8, 4) is 16.9 Å². The Bertz CT molecular complexity index is 1440. The van der Waals surface area contributed by atoms with Crippen molar-refractivity contribution in [3.63, 3.8) is 0 Å². The molecule has 4 aromatic rings. The number of benzene rings is 3. The molecule has 0 aliphatic carbocycles. The number of hydrogen-bond donors (Lipinski definition) is 3. The fraction of sp³-hybridized carbons (Fsp3) is 0.241. The van der Waals surface area contributed by atoms with Gasteiger partial charge in [0, 0.05) is 43.5 Å². The Balaban J connectivity index is 1.44. The highest BCUT2D eigenvalue weighted by Gasteiger charge is 2.32. The molecule has 3 heterocycles. The van der Waals surface area contributed by atoms with Gasteiger partial charge in [0.25, 0.3) is 5.91 Å². The second kappa shape index (κ2) is 9.51. The second-order valence-corrected chi connectivity index (χ2v) is 9.42. The van der Waals surface area contributed by atoms with Gasteiger partial charge in [-0.05, 0) is 36.1 Å². The number of carbonyl (C=O) groups is 1. The molecule has 0 spiro atoms. The van der Waals surface area contributed by atoms with Crippen molar-refractivity contribution in [2.75, 3.05) is 31.5 Å². The number of rotatable bonds is 5. The summed E-state index contributed by atoms with van der Waals surface area (Å²) in [5.74, 6) is -0.147. The minimum absolute atomic E-state index is 0.00619. The van der Waals surface area contributed by atoms with Crippen molar-refractivity contribution in [1.82, 2.24) is 19.8 Å². The Labute approximate surface area is 209 Å². The number of nitrogens with one attached hydrogen (secondary N) is 3. The van der Waals surface area contributed by atoms with Crippen LogP contribution >= 0.6 is 0 Å². The van der Waals surface area contributed by atoms with E-state index in [1.807, 2.05) is 65.6 Å². The molecule has 0 bridgehead atoms. The molecule has 36 heavy (non-hydrogen) atoms. The highest BCUT2D eigenvalue weighted by molar-refractivity contribution is 5.99. The van der Waals surface area contributed by atoms with Crippen LogP contribution in [0.4, 0.5) is 5.69 Å². The Morgan fingerprint density at radius 3 is 2.53 bits per heavy atom. The first-order valence-electron chi connectivity index (χ1n) is 12.5. The summed E-state index contributed by atoms with van der Waals surface area (Å²) in [6.45, 7) is 2.91. The molecule has 7 nitrogen and oxygen atoms in total. The molecule has 1 aromatic heterocycles. The van der Waals surface area contributed by atoms with Crippen molar-refractivity contribution < 1.29 is 4.79 Å². The maximum Gasteiger partial charge on any atom is 0.331 e. The van der Waals surface area contributed by atoms with Crippen LogP contribution in [0.5, 0.6) is 0 Å². The first-order chi connectivity index (χ1) is 17.7. The normalized spacial score (nSPS) is 17.0. The molecular formula is C29H29N5O2. The van der Waals surface area contributed by atoms with Crippen LogP contribution in [-0.2, 0) is 12.8 Å². The van der Waals surface area contributed by atoms with E-state index in [4.69, 9.17) is 0 Å². The molecule has 0 radical (unpaired) electrons. The summed E-state index contributed by atoms with van der Waals surface area (Å²) >= 11 is 0. The number of nitrogens with zero attached hydrogens (tertiary/aromatic N) is 2. The van der Waals surface area contributed by atoms with Gasteiger partial charge in [0.05, 0.1) is 11.4 Å². The summed E-state index contributed by atoms with van der Waals surface area (Å²) in [5.41, 5.74) is 5.64. The van der Waals surface area contributed by atoms with Crippen LogP contribution < -0.4 is 16.3 Å². The summed E-state index contributed by atoms with van der Waals surface area (Å²) in [5, 5.41) is 6.82. The molecule has 3 N–H and O–H groups in total. The third-order valence-electron chi connectivity index (χ3n) is 7.14. The van der Waals surface area contributed by atoms with Crippen molar-refractivity contribution in [2.45, 2.75) is 18.9 Å². The Morgan fingerprint density at radius 1 is 0.944 bits per heavy atom. The van der Waals surface area contributed by atoms with Gasteiger partial charge in [-0.1, -0.05) is 66.7 Å². The van der Waals surface area contributed by atoms with Gasteiger partial charge in [0.1, 0.15) is 5.69 Å². The first-order valence-corrected chi connectivity index (χ1v) is 12.5. The van der Waals surface area contributed by atoms with Crippen LogP contribution in [0.3, 0.4) is 0 Å². The molecule has 1 amide bonds. The largest absolute Gasteiger partial charge is 0.384 e. The third kappa shape index (κ3) is 4.12. The minimum atomic E-state index is -0.315. The zero-order chi connectivity index (χ0) is 24.5. The van der Waals surface area contributed by atoms with Gasteiger partial charge < -0.3 is 20.5 Å². The monoisotopic (exact) mass is 479 g/mol. The van der Waals surface area contributed by atoms with Crippen molar-refractivity contribution in [2.24, 2.45) is 0 Å². The number of piperazine rings is 1. The minimum Gasteiger partial charge on any atom is -0.384 e. The Hall–Kier alpha value is -4.10. The van der Waals surface area contributed by atoms with Crippen LogP contribution in [0.15, 0.2) is 83.7 Å². The van der Waals surface area contributed by atoms with Gasteiger partial charge >= 0.3 is 5.69 Å². The quantitative estimate of drug-likeness (QED) is 0.410. The zero-order valence-corrected chi connectivity index (χ0v) is 20.0. The molecule has 2 aliphatic rings. The SMILES string of the molecule is O=C(c1[nH]c(=O)n(-c2ccc3c(c2)NCC3)c1-c1ccccc1)N1CCNCC1Cc1ccccc1. The van der Waals surface area contributed by atoms with Crippen LogP contribution in [0.25, 0.3) is 16.9 Å². The van der Waals surface area contributed by atoms with Gasteiger partial charge in [-0.2, -0.15) is 0 Å². The van der Waals surface area contributed by atoms with E-state index in [1.165, 1.54) is 11.1 Å². The highest BCUT2D eigenvalue weighted by Crippen LogP contribution is 2.30. The van der Waals surface area contributed by atoms with Crippen LogP contribution in [0, 0.1) is 0 Å². The molecule has 1 fully saturated rings. The van der Waals surface area contributed by atoms with Gasteiger partial charge in [-0.25, -0.2) is 4.79 Å². The summed E-state index contributed by atoms with van der Waals surface area (Å²) in [4.78, 5) is 32.3. The summed E-state index contributed by atoms with van der Waals surface area (Å²) in [6, 6.07) is 25.9. The molecule has 0 saturated carbocycles. The van der Waals surface area contributed by atoms with E-state index in [-0.39, 0.29) is 17.6 Å². The standard InChI is InChI=1S/C29H29N5O2/c35-28(33-16-15-30-19-24(33)17-20-7-3-1-4-8-20)26-27(22-9-5-2-6-10-22)34(29(36)32-26)23-12-11-21-13-14-31-25(21)18-23/h1-12,18,24,30-31H,13-17,19H2,(H,32,36). The number of anilines is 1. The zero-order valence-electron chi connectivity index (χ0n) is 20.0. The number of aromatic nitrogens is 2. The number of imidazole rings is 1. The summed E-state index contributed by atoms with van der Waals surface area (Å²) < 4.78 is 1.64. The van der Waals surface area contributed by atoms with E-state index >= 15 is 0 Å². The number of H-pyrrole nitrogens is 1. The molecule has 6 rings (SSSR count). The number of amides is 1. The van der Waals surface area contributed by atoms with E-state index in [0.717, 1.165) is 42.9 Å². The average Bonchev–Trinajstić information content (AvgIpc) is 3.53. The summed E-state index contributed by atoms with van der Waals surface area (Å²) in [6.07, 6.45) is 1.72. The summed E-state index contributed by atoms with van der Waals surface area (Å²) in [7, 11) is 0. The van der Waals surface area contributed by atoms with E-state index in [2.05, 4.69) is 33.8 Å². The number of hydrogen-bond acceptors (Lipinski definition) is 4. The topological polar surface area (TPSA) is 82.2 Å². The lowest BCUT2D eigenvalue weighted by atomic mass is 10.0. The lowest BCUT2D eigenvalue weighted by molar-refractivity contribution is 0.0631. The van der Waals surface area contributed by atoms with Crippen molar-refractivity contribution in [3.05, 3.63) is 106 Å². The average molecular weight is 480 g/mol. The van der Waals surface area contributed by atoms with E-state index in [0.29, 0.717) is 24.5 Å². The predicted molar refractivity (Wildman–Crippen MR) is 142 cm³/mol. The van der Waals surface area contributed by atoms with Crippen LogP contribution in [0.2, 0.25) is 0 Å². The molecule has 1 atom stereocenters. The number of carbonyl (C=O) groups excluding carboxylic acids is 1. The fourth-order valence-electron chi connectivity index (χ4n) is 5.36. The number of fused-ring (bicyclic) bond motifs is 1. The van der Waals surface area contributed by atoms with Gasteiger partial charge in [-0.15, -0.1) is 0 Å². The fourth-order valence-corrected chi connectivity index (χ4v) is 5.36. The van der Waals surface area contributed by atoms with Crippen LogP contribution in [0.1, 0.15) is 21.6 Å². The van der Waals surface area contributed by atoms with Crippen LogP contribution in [-0.4, -0.2) is 52.6 Å². The van der Waals surface area contributed by atoms with E-state index in [1.54, 1.807) is 4.57 Å². The third-order valence-corrected chi connectivity index (χ3v) is 7.14. The predicted octanol–water partition coefficient (Wildman–Crippen LogP) is 3.46. The molecule has 7 heteroatoms. The molecule has 182 valence electrons.